The lowest BCUT2D eigenvalue weighted by atomic mass is 10.3. The number of aromatic nitrogens is 2. The van der Waals surface area contributed by atoms with Gasteiger partial charge in [0.25, 0.3) is 5.91 Å². The summed E-state index contributed by atoms with van der Waals surface area (Å²) in [4.78, 5) is 10.9. The van der Waals surface area contributed by atoms with Crippen LogP contribution in [0.25, 0.3) is 5.69 Å². The summed E-state index contributed by atoms with van der Waals surface area (Å²) >= 11 is 0. The number of nitrogens with zero attached hydrogens (tertiary/aromatic N) is 2. The molecule has 0 bridgehead atoms. The molecule has 0 saturated heterocycles. The largest absolute Gasteiger partial charge is 0.383 e. The van der Waals surface area contributed by atoms with E-state index in [4.69, 9.17) is 11.5 Å². The van der Waals surface area contributed by atoms with Gasteiger partial charge < -0.3 is 11.5 Å². The topological polar surface area (TPSA) is 86.9 Å². The monoisotopic (exact) mass is 238 g/mol. The number of benzene rings is 1. The van der Waals surface area contributed by atoms with Crippen LogP contribution in [0.4, 0.5) is 14.6 Å². The highest BCUT2D eigenvalue weighted by Crippen LogP contribution is 2.19. The van der Waals surface area contributed by atoms with Crippen molar-refractivity contribution in [1.29, 1.82) is 0 Å². The number of amides is 1. The number of primary amides is 1. The van der Waals surface area contributed by atoms with E-state index in [1.807, 2.05) is 0 Å². The van der Waals surface area contributed by atoms with Gasteiger partial charge in [-0.2, -0.15) is 5.10 Å². The van der Waals surface area contributed by atoms with E-state index < -0.39 is 17.5 Å². The lowest BCUT2D eigenvalue weighted by molar-refractivity contribution is 0.100. The summed E-state index contributed by atoms with van der Waals surface area (Å²) in [7, 11) is 0. The van der Waals surface area contributed by atoms with E-state index in [-0.39, 0.29) is 17.1 Å². The van der Waals surface area contributed by atoms with E-state index in [1.54, 1.807) is 0 Å². The molecule has 0 aliphatic carbocycles. The van der Waals surface area contributed by atoms with E-state index in [2.05, 4.69) is 5.10 Å². The number of hydrogen-bond donors (Lipinski definition) is 2. The molecule has 0 unspecified atom stereocenters. The lowest BCUT2D eigenvalue weighted by Gasteiger charge is -2.05. The van der Waals surface area contributed by atoms with Crippen LogP contribution in [0.3, 0.4) is 0 Å². The van der Waals surface area contributed by atoms with Crippen LogP contribution in [0.15, 0.2) is 24.4 Å². The second kappa shape index (κ2) is 3.85. The Kier molecular flexibility index (Phi) is 2.51. The molecular formula is C10H8F2N4O. The Morgan fingerprint density at radius 3 is 2.59 bits per heavy atom. The van der Waals surface area contributed by atoms with Crippen molar-refractivity contribution >= 4 is 11.7 Å². The van der Waals surface area contributed by atoms with Gasteiger partial charge in [0, 0.05) is 6.07 Å². The maximum atomic E-state index is 13.5. The fourth-order valence-electron chi connectivity index (χ4n) is 1.39. The zero-order valence-electron chi connectivity index (χ0n) is 8.52. The molecule has 0 spiro atoms. The predicted octanol–water partition coefficient (Wildman–Crippen LogP) is 0.832. The number of hydrogen-bond acceptors (Lipinski definition) is 3. The number of halogens is 2. The quantitative estimate of drug-likeness (QED) is 0.812. The number of carbonyl (C=O) groups is 1. The summed E-state index contributed by atoms with van der Waals surface area (Å²) < 4.78 is 27.2. The highest BCUT2D eigenvalue weighted by atomic mass is 19.1. The number of carbonyl (C=O) groups excluding carboxylic acids is 1. The van der Waals surface area contributed by atoms with Crippen LogP contribution in [-0.2, 0) is 0 Å². The summed E-state index contributed by atoms with van der Waals surface area (Å²) in [5.74, 6) is -2.41. The first-order valence-electron chi connectivity index (χ1n) is 4.59. The minimum Gasteiger partial charge on any atom is -0.383 e. The molecule has 0 aliphatic heterocycles. The molecule has 2 rings (SSSR count). The van der Waals surface area contributed by atoms with Crippen LogP contribution in [0.5, 0.6) is 0 Å². The van der Waals surface area contributed by atoms with E-state index in [9.17, 15) is 13.6 Å². The molecule has 5 nitrogen and oxygen atoms in total. The van der Waals surface area contributed by atoms with Gasteiger partial charge in [0.05, 0.1) is 6.20 Å². The maximum Gasteiger partial charge on any atom is 0.254 e. The minimum absolute atomic E-state index is 0.0197. The zero-order chi connectivity index (χ0) is 12.6. The summed E-state index contributed by atoms with van der Waals surface area (Å²) in [6.07, 6.45) is 1.13. The molecule has 0 saturated carbocycles. The van der Waals surface area contributed by atoms with Crippen LogP contribution in [0.1, 0.15) is 10.4 Å². The van der Waals surface area contributed by atoms with Crippen molar-refractivity contribution in [3.63, 3.8) is 0 Å². The van der Waals surface area contributed by atoms with Crippen LogP contribution >= 0.6 is 0 Å². The highest BCUT2D eigenvalue weighted by molar-refractivity contribution is 5.97. The summed E-state index contributed by atoms with van der Waals surface area (Å²) in [6.45, 7) is 0. The third kappa shape index (κ3) is 1.82. The van der Waals surface area contributed by atoms with Crippen LogP contribution < -0.4 is 11.5 Å². The number of anilines is 1. The van der Waals surface area contributed by atoms with E-state index in [0.29, 0.717) is 6.07 Å². The normalized spacial score (nSPS) is 10.5. The molecule has 4 N–H and O–H groups in total. The summed E-state index contributed by atoms with van der Waals surface area (Å²) in [5.41, 5.74) is 10.5. The molecule has 0 atom stereocenters. The average molecular weight is 238 g/mol. The van der Waals surface area contributed by atoms with Gasteiger partial charge in [-0.05, 0) is 12.1 Å². The van der Waals surface area contributed by atoms with Crippen molar-refractivity contribution in [1.82, 2.24) is 9.78 Å². The van der Waals surface area contributed by atoms with Crippen molar-refractivity contribution in [2.45, 2.75) is 0 Å². The number of nitrogen functional groups attached to an aromatic ring is 1. The number of rotatable bonds is 2. The van der Waals surface area contributed by atoms with Gasteiger partial charge in [-0.1, -0.05) is 0 Å². The molecule has 1 amide bonds. The molecule has 7 heteroatoms. The molecule has 0 fully saturated rings. The van der Waals surface area contributed by atoms with Crippen molar-refractivity contribution < 1.29 is 13.6 Å². The fraction of sp³-hybridized carbons (Fsp3) is 0. The van der Waals surface area contributed by atoms with Gasteiger partial charge in [0.15, 0.2) is 5.82 Å². The zero-order valence-corrected chi connectivity index (χ0v) is 8.52. The van der Waals surface area contributed by atoms with E-state index >= 15 is 0 Å². The highest BCUT2D eigenvalue weighted by Gasteiger charge is 2.15. The number of nitrogens with two attached hydrogens (primary N) is 2. The molecule has 2 aromatic rings. The van der Waals surface area contributed by atoms with Crippen molar-refractivity contribution in [3.05, 3.63) is 41.6 Å². The SMILES string of the molecule is NC(=O)c1cnn(-c2ccc(F)cc2F)c1N. The standard InChI is InChI=1S/C10H8F2N4O/c11-5-1-2-8(7(12)3-5)16-9(13)6(4-15-16)10(14)17/h1-4H,13H2,(H2,14,17). The summed E-state index contributed by atoms with van der Waals surface area (Å²) in [6, 6.07) is 2.92. The Balaban J connectivity index is 2.57. The third-order valence-corrected chi connectivity index (χ3v) is 2.21. The molecule has 17 heavy (non-hydrogen) atoms. The Bertz CT molecular complexity index is 594. The van der Waals surface area contributed by atoms with Crippen molar-refractivity contribution in [3.8, 4) is 5.69 Å². The minimum atomic E-state index is -0.837. The van der Waals surface area contributed by atoms with Gasteiger partial charge in [0.2, 0.25) is 0 Å². The molecule has 1 heterocycles. The fourth-order valence-corrected chi connectivity index (χ4v) is 1.39. The van der Waals surface area contributed by atoms with E-state index in [0.717, 1.165) is 16.9 Å². The third-order valence-electron chi connectivity index (χ3n) is 2.21. The Hall–Kier alpha value is -2.44. The van der Waals surface area contributed by atoms with Crippen LogP contribution in [-0.4, -0.2) is 15.7 Å². The van der Waals surface area contributed by atoms with Gasteiger partial charge >= 0.3 is 0 Å². The second-order valence-electron chi connectivity index (χ2n) is 3.32. The predicted molar refractivity (Wildman–Crippen MR) is 56.4 cm³/mol. The first kappa shape index (κ1) is 11.1. The van der Waals surface area contributed by atoms with Gasteiger partial charge in [-0.25, -0.2) is 13.5 Å². The van der Waals surface area contributed by atoms with Crippen LogP contribution in [0, 0.1) is 11.6 Å². The van der Waals surface area contributed by atoms with Crippen molar-refractivity contribution in [2.24, 2.45) is 5.73 Å². The average Bonchev–Trinajstić information content (AvgIpc) is 2.60. The first-order valence-corrected chi connectivity index (χ1v) is 4.59. The van der Waals surface area contributed by atoms with Crippen molar-refractivity contribution in [2.75, 3.05) is 5.73 Å². The van der Waals surface area contributed by atoms with E-state index in [1.165, 1.54) is 6.07 Å². The van der Waals surface area contributed by atoms with Gasteiger partial charge in [0.1, 0.15) is 22.9 Å². The first-order chi connectivity index (χ1) is 8.00. The molecular weight excluding hydrogens is 230 g/mol. The van der Waals surface area contributed by atoms with Crippen LogP contribution in [0.2, 0.25) is 0 Å². The van der Waals surface area contributed by atoms with Gasteiger partial charge in [-0.15, -0.1) is 0 Å². The smallest absolute Gasteiger partial charge is 0.254 e. The summed E-state index contributed by atoms with van der Waals surface area (Å²) in [5, 5.41) is 3.73. The lowest BCUT2D eigenvalue weighted by Crippen LogP contribution is -2.13. The Morgan fingerprint density at radius 2 is 2.06 bits per heavy atom. The second-order valence-corrected chi connectivity index (χ2v) is 3.32. The molecule has 0 radical (unpaired) electrons. The molecule has 0 aliphatic rings. The maximum absolute atomic E-state index is 13.5. The Morgan fingerprint density at radius 1 is 1.35 bits per heavy atom. The Labute approximate surface area is 94.6 Å². The molecule has 1 aromatic heterocycles. The molecule has 88 valence electrons. The molecule has 1 aromatic carbocycles. The van der Waals surface area contributed by atoms with Gasteiger partial charge in [-0.3, -0.25) is 4.79 Å².